The summed E-state index contributed by atoms with van der Waals surface area (Å²) in [6.45, 7) is 12.6. The fraction of sp³-hybridized carbons (Fsp3) is 0.167. The van der Waals surface area contributed by atoms with Crippen molar-refractivity contribution in [1.82, 2.24) is 4.98 Å². The second-order valence-corrected chi connectivity index (χ2v) is 13.0. The molecule has 7 rings (SSSR count). The van der Waals surface area contributed by atoms with Crippen LogP contribution in [0.2, 0.25) is 0 Å². The molecule has 0 bridgehead atoms. The van der Waals surface area contributed by atoms with Crippen LogP contribution in [0.25, 0.3) is 31.9 Å². The van der Waals surface area contributed by atoms with E-state index in [4.69, 9.17) is 4.98 Å². The van der Waals surface area contributed by atoms with Crippen LogP contribution in [0.15, 0.2) is 135 Å². The average molecular weight is 603 g/mol. The van der Waals surface area contributed by atoms with E-state index in [1.807, 2.05) is 12.2 Å². The maximum atomic E-state index is 5.00. The molecule has 0 fully saturated rings. The van der Waals surface area contributed by atoms with Gasteiger partial charge in [0.2, 0.25) is 0 Å². The first-order valence-electron chi connectivity index (χ1n) is 15.9. The molecule has 0 aliphatic heterocycles. The molecule has 0 amide bonds. The van der Waals surface area contributed by atoms with Gasteiger partial charge in [-0.25, -0.2) is 4.98 Å². The Hall–Kier alpha value is -4.73. The van der Waals surface area contributed by atoms with Gasteiger partial charge >= 0.3 is 0 Å². The molecule has 2 nitrogen and oxygen atoms in total. The van der Waals surface area contributed by atoms with Crippen molar-refractivity contribution in [2.24, 2.45) is 0 Å². The summed E-state index contributed by atoms with van der Waals surface area (Å²) in [7, 11) is 0. The van der Waals surface area contributed by atoms with Gasteiger partial charge in [-0.15, -0.1) is 24.5 Å². The summed E-state index contributed by atoms with van der Waals surface area (Å²) in [6.07, 6.45) is 7.67. The lowest BCUT2D eigenvalue weighted by atomic mass is 9.73. The SMILES string of the molecule is C=CCc1cccc(N(c2cccc(CC=C)c2)c2ccc3c(c2)C(CC)(CC)c2cc(-c4nc5ccccc5s4)ccc2-3)c1. The molecule has 0 saturated heterocycles. The minimum absolute atomic E-state index is 0.0750. The fourth-order valence-corrected chi connectivity index (χ4v) is 8.15. The Bertz CT molecular complexity index is 1960. The monoisotopic (exact) mass is 602 g/mol. The zero-order chi connectivity index (χ0) is 31.0. The van der Waals surface area contributed by atoms with Crippen molar-refractivity contribution in [3.8, 4) is 21.7 Å². The number of rotatable bonds is 10. The molecule has 3 heteroatoms. The normalized spacial score (nSPS) is 12.9. The largest absolute Gasteiger partial charge is 0.310 e. The lowest BCUT2D eigenvalue weighted by molar-refractivity contribution is 0.490. The van der Waals surface area contributed by atoms with E-state index < -0.39 is 0 Å². The molecule has 0 spiro atoms. The van der Waals surface area contributed by atoms with E-state index in [-0.39, 0.29) is 5.41 Å². The van der Waals surface area contributed by atoms with Gasteiger partial charge in [-0.2, -0.15) is 0 Å². The molecule has 1 heterocycles. The van der Waals surface area contributed by atoms with Gasteiger partial charge in [0.25, 0.3) is 0 Å². The molecular weight excluding hydrogens is 565 g/mol. The van der Waals surface area contributed by atoms with Crippen LogP contribution in [0.3, 0.4) is 0 Å². The number of para-hydroxylation sites is 1. The molecule has 5 aromatic carbocycles. The van der Waals surface area contributed by atoms with Gasteiger partial charge in [0, 0.05) is 28.0 Å². The second-order valence-electron chi connectivity index (χ2n) is 11.9. The lowest BCUT2D eigenvalue weighted by Crippen LogP contribution is -2.23. The maximum absolute atomic E-state index is 5.00. The summed E-state index contributed by atoms with van der Waals surface area (Å²) in [5.74, 6) is 0. The van der Waals surface area contributed by atoms with Crippen molar-refractivity contribution in [1.29, 1.82) is 0 Å². The van der Waals surface area contributed by atoms with Crippen LogP contribution >= 0.6 is 11.3 Å². The highest BCUT2D eigenvalue weighted by molar-refractivity contribution is 7.21. The maximum Gasteiger partial charge on any atom is 0.124 e. The predicted octanol–water partition coefficient (Wildman–Crippen LogP) is 12.0. The molecule has 0 saturated carbocycles. The van der Waals surface area contributed by atoms with Crippen LogP contribution in [0.1, 0.15) is 48.9 Å². The third kappa shape index (κ3) is 5.02. The van der Waals surface area contributed by atoms with Crippen molar-refractivity contribution in [2.45, 2.75) is 44.9 Å². The van der Waals surface area contributed by atoms with Gasteiger partial charge in [0.15, 0.2) is 0 Å². The van der Waals surface area contributed by atoms with Crippen molar-refractivity contribution in [3.63, 3.8) is 0 Å². The van der Waals surface area contributed by atoms with Crippen LogP contribution in [-0.4, -0.2) is 4.98 Å². The van der Waals surface area contributed by atoms with E-state index in [1.54, 1.807) is 11.3 Å². The smallest absolute Gasteiger partial charge is 0.124 e. The van der Waals surface area contributed by atoms with Gasteiger partial charge in [-0.3, -0.25) is 0 Å². The van der Waals surface area contributed by atoms with Gasteiger partial charge < -0.3 is 4.90 Å². The molecule has 1 aliphatic carbocycles. The van der Waals surface area contributed by atoms with Gasteiger partial charge in [0.1, 0.15) is 5.01 Å². The Morgan fingerprint density at radius 3 is 1.89 bits per heavy atom. The molecule has 222 valence electrons. The summed E-state index contributed by atoms with van der Waals surface area (Å²) in [5, 5.41) is 1.08. The molecule has 45 heavy (non-hydrogen) atoms. The number of hydrogen-bond donors (Lipinski definition) is 0. The summed E-state index contributed by atoms with van der Waals surface area (Å²) < 4.78 is 1.23. The molecule has 6 aromatic rings. The lowest BCUT2D eigenvalue weighted by Gasteiger charge is -2.32. The Balaban J connectivity index is 1.38. The third-order valence-corrected chi connectivity index (χ3v) is 10.5. The zero-order valence-corrected chi connectivity index (χ0v) is 26.9. The number of anilines is 3. The molecule has 1 aromatic heterocycles. The number of benzene rings is 5. The highest BCUT2D eigenvalue weighted by Crippen LogP contribution is 2.55. The highest BCUT2D eigenvalue weighted by Gasteiger charge is 2.41. The number of thiazole rings is 1. The number of fused-ring (bicyclic) bond motifs is 4. The second kappa shape index (κ2) is 12.0. The van der Waals surface area contributed by atoms with Crippen LogP contribution in [0.4, 0.5) is 17.1 Å². The first-order chi connectivity index (χ1) is 22.1. The van der Waals surface area contributed by atoms with E-state index >= 15 is 0 Å². The standard InChI is InChI=1S/C42H38N2S/c1-5-13-29-15-11-17-32(25-29)44(33-18-12-16-30(26-33)14-6-2)34-22-24-36-35-23-21-31(41-43-39-19-9-10-20-40(39)45-41)27-37(35)42(7-3,8-4)38(36)28-34/h5-6,9-12,15-28H,1-2,7-8,13-14H2,3-4H3. The molecular formula is C42H38N2S. The average Bonchev–Trinajstić information content (AvgIpc) is 3.63. The van der Waals surface area contributed by atoms with Crippen molar-refractivity contribution in [2.75, 3.05) is 4.90 Å². The molecule has 0 unspecified atom stereocenters. The summed E-state index contributed by atoms with van der Waals surface area (Å²) in [5.41, 5.74) is 13.7. The van der Waals surface area contributed by atoms with E-state index in [9.17, 15) is 0 Å². The van der Waals surface area contributed by atoms with Crippen molar-refractivity contribution < 1.29 is 0 Å². The zero-order valence-electron chi connectivity index (χ0n) is 26.1. The number of nitrogens with zero attached hydrogens (tertiary/aromatic N) is 2. The van der Waals surface area contributed by atoms with Gasteiger partial charge in [-0.05, 0) is 114 Å². The minimum Gasteiger partial charge on any atom is -0.310 e. The predicted molar refractivity (Wildman–Crippen MR) is 194 cm³/mol. The first-order valence-corrected chi connectivity index (χ1v) is 16.8. The van der Waals surface area contributed by atoms with Crippen LogP contribution in [0.5, 0.6) is 0 Å². The topological polar surface area (TPSA) is 16.1 Å². The highest BCUT2D eigenvalue weighted by atomic mass is 32.1. The van der Waals surface area contributed by atoms with E-state index in [0.717, 1.165) is 47.6 Å². The number of allylic oxidation sites excluding steroid dienone is 2. The Morgan fingerprint density at radius 2 is 1.27 bits per heavy atom. The minimum atomic E-state index is -0.0750. The van der Waals surface area contributed by atoms with Crippen LogP contribution in [-0.2, 0) is 18.3 Å². The van der Waals surface area contributed by atoms with Gasteiger partial charge in [0.05, 0.1) is 10.2 Å². The number of aromatic nitrogens is 1. The summed E-state index contributed by atoms with van der Waals surface area (Å²) >= 11 is 1.78. The molecule has 1 aliphatic rings. The van der Waals surface area contributed by atoms with Crippen LogP contribution < -0.4 is 4.90 Å². The van der Waals surface area contributed by atoms with Crippen LogP contribution in [0, 0.1) is 0 Å². The van der Waals surface area contributed by atoms with E-state index in [2.05, 4.69) is 141 Å². The van der Waals surface area contributed by atoms with Crippen molar-refractivity contribution >= 4 is 38.6 Å². The fourth-order valence-electron chi connectivity index (χ4n) is 7.19. The summed E-state index contributed by atoms with van der Waals surface area (Å²) in [6, 6.07) is 40.2. The van der Waals surface area contributed by atoms with E-state index in [0.29, 0.717) is 0 Å². The quantitative estimate of drug-likeness (QED) is 0.145. The molecule has 0 radical (unpaired) electrons. The third-order valence-electron chi connectivity index (χ3n) is 9.45. The molecule has 0 atom stereocenters. The molecule has 0 N–H and O–H groups in total. The summed E-state index contributed by atoms with van der Waals surface area (Å²) in [4.78, 5) is 7.41. The number of hydrogen-bond acceptors (Lipinski definition) is 3. The Morgan fingerprint density at radius 1 is 0.667 bits per heavy atom. The van der Waals surface area contributed by atoms with E-state index in [1.165, 1.54) is 49.3 Å². The Kier molecular flexibility index (Phi) is 7.73. The van der Waals surface area contributed by atoms with Crippen molar-refractivity contribution in [3.05, 3.63) is 157 Å². The first kappa shape index (κ1) is 29.0. The Labute approximate surface area is 271 Å². The van der Waals surface area contributed by atoms with Gasteiger partial charge in [-0.1, -0.05) is 80.6 Å².